The molecular formula is C14H10BrClN2. The van der Waals surface area contributed by atoms with Crippen LogP contribution in [0.15, 0.2) is 53.0 Å². The Labute approximate surface area is 118 Å². The second-order valence-corrected chi connectivity index (χ2v) is 5.34. The van der Waals surface area contributed by atoms with E-state index in [2.05, 4.69) is 33.0 Å². The van der Waals surface area contributed by atoms with E-state index in [-0.39, 0.29) is 0 Å². The lowest BCUT2D eigenvalue weighted by atomic mass is 10.2. The van der Waals surface area contributed by atoms with E-state index in [9.17, 15) is 0 Å². The number of aromatic nitrogens is 2. The van der Waals surface area contributed by atoms with Crippen molar-refractivity contribution in [1.82, 2.24) is 9.55 Å². The fourth-order valence-corrected chi connectivity index (χ4v) is 2.58. The van der Waals surface area contributed by atoms with E-state index >= 15 is 0 Å². The summed E-state index contributed by atoms with van der Waals surface area (Å²) in [6.07, 6.45) is 0. The largest absolute Gasteiger partial charge is 0.310 e. The molecule has 1 heterocycles. The Morgan fingerprint density at radius 3 is 2.67 bits per heavy atom. The van der Waals surface area contributed by atoms with Crippen LogP contribution in [-0.2, 0) is 6.54 Å². The van der Waals surface area contributed by atoms with E-state index in [0.717, 1.165) is 22.1 Å². The highest BCUT2D eigenvalue weighted by Gasteiger charge is 2.09. The minimum absolute atomic E-state index is 0.520. The molecule has 0 saturated carbocycles. The van der Waals surface area contributed by atoms with Crippen LogP contribution in [0.25, 0.3) is 11.0 Å². The van der Waals surface area contributed by atoms with Crippen molar-refractivity contribution < 1.29 is 0 Å². The molecule has 0 bridgehead atoms. The summed E-state index contributed by atoms with van der Waals surface area (Å²) in [6.45, 7) is 0.734. The van der Waals surface area contributed by atoms with Crippen molar-refractivity contribution in [3.8, 4) is 0 Å². The first-order valence-electron chi connectivity index (χ1n) is 5.59. The fraction of sp³-hybridized carbons (Fsp3) is 0.0714. The summed E-state index contributed by atoms with van der Waals surface area (Å²) in [5.74, 6) is 0. The van der Waals surface area contributed by atoms with Crippen LogP contribution in [-0.4, -0.2) is 9.55 Å². The SMILES string of the molecule is Clc1nc2cc(Br)ccc2n1Cc1ccccc1. The minimum atomic E-state index is 0.520. The smallest absolute Gasteiger partial charge is 0.204 e. The molecule has 0 N–H and O–H groups in total. The van der Waals surface area contributed by atoms with Gasteiger partial charge in [0.1, 0.15) is 0 Å². The second kappa shape index (κ2) is 4.75. The van der Waals surface area contributed by atoms with Crippen LogP contribution in [0, 0.1) is 0 Å². The van der Waals surface area contributed by atoms with Gasteiger partial charge in [-0.05, 0) is 35.4 Å². The highest BCUT2D eigenvalue weighted by Crippen LogP contribution is 2.24. The van der Waals surface area contributed by atoms with E-state index in [1.54, 1.807) is 0 Å². The van der Waals surface area contributed by atoms with Gasteiger partial charge in [-0.25, -0.2) is 4.98 Å². The molecule has 0 aliphatic heterocycles. The Morgan fingerprint density at radius 1 is 1.11 bits per heavy atom. The first-order valence-corrected chi connectivity index (χ1v) is 6.76. The molecule has 2 aromatic carbocycles. The van der Waals surface area contributed by atoms with Gasteiger partial charge in [-0.1, -0.05) is 46.3 Å². The Kier molecular flexibility index (Phi) is 3.10. The van der Waals surface area contributed by atoms with Crippen LogP contribution in [0.5, 0.6) is 0 Å². The molecule has 0 unspecified atom stereocenters. The van der Waals surface area contributed by atoms with Crippen LogP contribution in [0.3, 0.4) is 0 Å². The molecule has 0 fully saturated rings. The number of benzene rings is 2. The summed E-state index contributed by atoms with van der Waals surface area (Å²) in [7, 11) is 0. The van der Waals surface area contributed by atoms with Gasteiger partial charge in [-0.2, -0.15) is 0 Å². The van der Waals surface area contributed by atoms with Gasteiger partial charge in [0.2, 0.25) is 5.28 Å². The van der Waals surface area contributed by atoms with E-state index in [1.165, 1.54) is 5.56 Å². The van der Waals surface area contributed by atoms with Gasteiger partial charge < -0.3 is 4.57 Å². The van der Waals surface area contributed by atoms with Crippen molar-refractivity contribution >= 4 is 38.6 Å². The third-order valence-corrected chi connectivity index (χ3v) is 3.63. The number of imidazole rings is 1. The number of rotatable bonds is 2. The molecule has 0 amide bonds. The molecule has 0 atom stereocenters. The van der Waals surface area contributed by atoms with Crippen LogP contribution < -0.4 is 0 Å². The molecular weight excluding hydrogens is 312 g/mol. The van der Waals surface area contributed by atoms with Crippen LogP contribution in [0.1, 0.15) is 5.56 Å². The minimum Gasteiger partial charge on any atom is -0.310 e. The summed E-state index contributed by atoms with van der Waals surface area (Å²) in [5, 5.41) is 0.520. The Bertz CT molecular complexity index is 692. The standard InChI is InChI=1S/C14H10BrClN2/c15-11-6-7-13-12(8-11)17-14(16)18(13)9-10-4-2-1-3-5-10/h1-8H,9H2. The van der Waals surface area contributed by atoms with E-state index < -0.39 is 0 Å². The molecule has 4 heteroatoms. The Balaban J connectivity index is 2.09. The maximum absolute atomic E-state index is 6.21. The molecule has 0 aliphatic carbocycles. The third kappa shape index (κ3) is 2.16. The lowest BCUT2D eigenvalue weighted by Gasteiger charge is -2.05. The van der Waals surface area contributed by atoms with Crippen LogP contribution in [0.4, 0.5) is 0 Å². The first kappa shape index (κ1) is 11.8. The van der Waals surface area contributed by atoms with E-state index in [0.29, 0.717) is 5.28 Å². The average molecular weight is 322 g/mol. The molecule has 1 aromatic heterocycles. The Morgan fingerprint density at radius 2 is 1.89 bits per heavy atom. The lowest BCUT2D eigenvalue weighted by molar-refractivity contribution is 0.825. The predicted octanol–water partition coefficient (Wildman–Crippen LogP) is 4.50. The fourth-order valence-electron chi connectivity index (χ4n) is 1.99. The Hall–Kier alpha value is -1.32. The summed E-state index contributed by atoms with van der Waals surface area (Å²) < 4.78 is 3.02. The molecule has 2 nitrogen and oxygen atoms in total. The number of halogens is 2. The maximum Gasteiger partial charge on any atom is 0.204 e. The molecule has 0 aliphatic rings. The molecule has 18 heavy (non-hydrogen) atoms. The monoisotopic (exact) mass is 320 g/mol. The summed E-state index contributed by atoms with van der Waals surface area (Å²) in [5.41, 5.74) is 3.17. The number of fused-ring (bicyclic) bond motifs is 1. The van der Waals surface area contributed by atoms with Gasteiger partial charge in [-0.15, -0.1) is 0 Å². The predicted molar refractivity (Wildman–Crippen MR) is 78.0 cm³/mol. The van der Waals surface area contributed by atoms with Gasteiger partial charge in [-0.3, -0.25) is 0 Å². The van der Waals surface area contributed by atoms with E-state index in [1.807, 2.05) is 41.0 Å². The third-order valence-electron chi connectivity index (χ3n) is 2.85. The zero-order valence-electron chi connectivity index (χ0n) is 9.48. The van der Waals surface area contributed by atoms with Gasteiger partial charge in [0.05, 0.1) is 17.6 Å². The van der Waals surface area contributed by atoms with Crippen molar-refractivity contribution in [1.29, 1.82) is 0 Å². The van der Waals surface area contributed by atoms with Gasteiger partial charge in [0, 0.05) is 4.47 Å². The molecule has 90 valence electrons. The second-order valence-electron chi connectivity index (χ2n) is 4.09. The van der Waals surface area contributed by atoms with Crippen molar-refractivity contribution in [2.45, 2.75) is 6.54 Å². The van der Waals surface area contributed by atoms with Crippen LogP contribution >= 0.6 is 27.5 Å². The number of hydrogen-bond acceptors (Lipinski definition) is 1. The van der Waals surface area contributed by atoms with Crippen molar-refractivity contribution in [2.75, 3.05) is 0 Å². The summed E-state index contributed by atoms with van der Waals surface area (Å²) in [4.78, 5) is 4.37. The number of nitrogens with zero attached hydrogens (tertiary/aromatic N) is 2. The summed E-state index contributed by atoms with van der Waals surface area (Å²) in [6, 6.07) is 16.2. The highest BCUT2D eigenvalue weighted by molar-refractivity contribution is 9.10. The maximum atomic E-state index is 6.21. The quantitative estimate of drug-likeness (QED) is 0.679. The van der Waals surface area contributed by atoms with Crippen molar-refractivity contribution in [2.24, 2.45) is 0 Å². The van der Waals surface area contributed by atoms with Gasteiger partial charge in [0.15, 0.2) is 0 Å². The average Bonchev–Trinajstić information content (AvgIpc) is 2.66. The molecule has 0 spiro atoms. The van der Waals surface area contributed by atoms with Crippen molar-refractivity contribution in [3.63, 3.8) is 0 Å². The van der Waals surface area contributed by atoms with Gasteiger partial charge in [0.25, 0.3) is 0 Å². The summed E-state index contributed by atoms with van der Waals surface area (Å²) >= 11 is 9.65. The first-order chi connectivity index (χ1) is 8.74. The van der Waals surface area contributed by atoms with Crippen LogP contribution in [0.2, 0.25) is 5.28 Å². The normalized spacial score (nSPS) is 11.0. The van der Waals surface area contributed by atoms with E-state index in [4.69, 9.17) is 11.6 Å². The highest BCUT2D eigenvalue weighted by atomic mass is 79.9. The molecule has 0 radical (unpaired) electrons. The lowest BCUT2D eigenvalue weighted by Crippen LogP contribution is -1.99. The molecule has 0 saturated heterocycles. The van der Waals surface area contributed by atoms with Crippen molar-refractivity contribution in [3.05, 3.63) is 63.9 Å². The van der Waals surface area contributed by atoms with Gasteiger partial charge >= 0.3 is 0 Å². The molecule has 3 aromatic rings. The topological polar surface area (TPSA) is 17.8 Å². The zero-order valence-corrected chi connectivity index (χ0v) is 11.8. The zero-order chi connectivity index (χ0) is 12.5. The molecule has 3 rings (SSSR count). The number of hydrogen-bond donors (Lipinski definition) is 0.